The number of carbonyl (C=O) groups excluding carboxylic acids is 1. The van der Waals surface area contributed by atoms with Gasteiger partial charge in [0.15, 0.2) is 6.29 Å². The molecule has 0 amide bonds. The van der Waals surface area contributed by atoms with Gasteiger partial charge in [0.05, 0.1) is 11.3 Å². The van der Waals surface area contributed by atoms with Crippen molar-refractivity contribution < 1.29 is 4.79 Å². The van der Waals surface area contributed by atoms with E-state index in [0.717, 1.165) is 18.3 Å². The maximum atomic E-state index is 11.1. The lowest BCUT2D eigenvalue weighted by Crippen LogP contribution is -2.47. The van der Waals surface area contributed by atoms with Crippen LogP contribution in [0.25, 0.3) is 0 Å². The van der Waals surface area contributed by atoms with Gasteiger partial charge in [0.1, 0.15) is 0 Å². The van der Waals surface area contributed by atoms with Gasteiger partial charge in [-0.3, -0.25) is 19.7 Å². The summed E-state index contributed by atoms with van der Waals surface area (Å²) in [5.74, 6) is 0. The third kappa shape index (κ3) is 1.46. The molecule has 0 saturated carbocycles. The molecule has 0 bridgehead atoms. The number of carbonyl (C=O) groups is 1. The summed E-state index contributed by atoms with van der Waals surface area (Å²) in [6.07, 6.45) is 5.24. The Bertz CT molecular complexity index is 414. The van der Waals surface area contributed by atoms with Crippen molar-refractivity contribution in [3.8, 4) is 0 Å². The SMILES string of the molecule is CN(C)C1(c2cccnc2)CCN=C1C=O. The molecule has 1 atom stereocenters. The van der Waals surface area contributed by atoms with E-state index < -0.39 is 5.54 Å². The summed E-state index contributed by atoms with van der Waals surface area (Å²) >= 11 is 0. The summed E-state index contributed by atoms with van der Waals surface area (Å²) in [7, 11) is 3.94. The van der Waals surface area contributed by atoms with Crippen molar-refractivity contribution >= 4 is 12.0 Å². The molecule has 1 aliphatic heterocycles. The molecule has 4 heteroatoms. The molecular formula is C12H15N3O. The normalized spacial score (nSPS) is 24.6. The van der Waals surface area contributed by atoms with Crippen LogP contribution in [-0.4, -0.2) is 42.5 Å². The van der Waals surface area contributed by atoms with Crippen LogP contribution in [0.1, 0.15) is 12.0 Å². The molecule has 16 heavy (non-hydrogen) atoms. The van der Waals surface area contributed by atoms with E-state index >= 15 is 0 Å². The molecule has 1 aliphatic rings. The van der Waals surface area contributed by atoms with Crippen LogP contribution < -0.4 is 0 Å². The lowest BCUT2D eigenvalue weighted by atomic mass is 9.84. The summed E-state index contributed by atoms with van der Waals surface area (Å²) in [6, 6.07) is 3.89. The monoisotopic (exact) mass is 217 g/mol. The van der Waals surface area contributed by atoms with Crippen molar-refractivity contribution in [3.63, 3.8) is 0 Å². The van der Waals surface area contributed by atoms with Gasteiger partial charge >= 0.3 is 0 Å². The second-order valence-corrected chi connectivity index (χ2v) is 4.13. The van der Waals surface area contributed by atoms with E-state index in [4.69, 9.17) is 0 Å². The molecule has 1 aromatic rings. The highest BCUT2D eigenvalue weighted by Gasteiger charge is 2.42. The summed E-state index contributed by atoms with van der Waals surface area (Å²) in [5, 5.41) is 0. The molecule has 0 aliphatic carbocycles. The number of nitrogens with zero attached hydrogens (tertiary/aromatic N) is 3. The predicted molar refractivity (Wildman–Crippen MR) is 62.6 cm³/mol. The Kier molecular flexibility index (Phi) is 2.83. The van der Waals surface area contributed by atoms with Crippen molar-refractivity contribution in [2.75, 3.05) is 20.6 Å². The Morgan fingerprint density at radius 2 is 2.31 bits per heavy atom. The van der Waals surface area contributed by atoms with Crippen LogP contribution in [0.4, 0.5) is 0 Å². The molecule has 0 fully saturated rings. The lowest BCUT2D eigenvalue weighted by Gasteiger charge is -2.36. The highest BCUT2D eigenvalue weighted by Crippen LogP contribution is 2.34. The number of rotatable bonds is 3. The maximum absolute atomic E-state index is 11.1. The summed E-state index contributed by atoms with van der Waals surface area (Å²) < 4.78 is 0. The van der Waals surface area contributed by atoms with Crippen molar-refractivity contribution in [1.29, 1.82) is 0 Å². The van der Waals surface area contributed by atoms with Gasteiger partial charge in [-0.15, -0.1) is 0 Å². The second kappa shape index (κ2) is 4.14. The Labute approximate surface area is 95.0 Å². The quantitative estimate of drug-likeness (QED) is 0.706. The topological polar surface area (TPSA) is 45.6 Å². The molecule has 1 aromatic heterocycles. The fourth-order valence-corrected chi connectivity index (χ4v) is 2.34. The van der Waals surface area contributed by atoms with Gasteiger partial charge in [0.25, 0.3) is 0 Å². The van der Waals surface area contributed by atoms with Crippen molar-refractivity contribution in [2.24, 2.45) is 4.99 Å². The first-order chi connectivity index (χ1) is 7.71. The van der Waals surface area contributed by atoms with Gasteiger partial charge in [-0.2, -0.15) is 0 Å². The summed E-state index contributed by atoms with van der Waals surface area (Å²) in [4.78, 5) is 21.6. The van der Waals surface area contributed by atoms with Crippen LogP contribution in [0.5, 0.6) is 0 Å². The van der Waals surface area contributed by atoms with E-state index in [1.165, 1.54) is 0 Å². The lowest BCUT2D eigenvalue weighted by molar-refractivity contribution is -0.103. The van der Waals surface area contributed by atoms with Gasteiger partial charge in [-0.05, 0) is 32.1 Å². The first kappa shape index (κ1) is 11.0. The van der Waals surface area contributed by atoms with E-state index in [1.807, 2.05) is 37.3 Å². The Morgan fingerprint density at radius 3 is 2.88 bits per heavy atom. The number of aromatic nitrogens is 1. The van der Waals surface area contributed by atoms with Crippen molar-refractivity contribution in [2.45, 2.75) is 12.0 Å². The average molecular weight is 217 g/mol. The number of hydrogen-bond acceptors (Lipinski definition) is 4. The van der Waals surface area contributed by atoms with Gasteiger partial charge in [-0.1, -0.05) is 6.07 Å². The minimum absolute atomic E-state index is 0.393. The van der Waals surface area contributed by atoms with Crippen LogP contribution >= 0.6 is 0 Å². The first-order valence-corrected chi connectivity index (χ1v) is 5.30. The molecular weight excluding hydrogens is 202 g/mol. The molecule has 84 valence electrons. The molecule has 0 saturated heterocycles. The Morgan fingerprint density at radius 1 is 1.50 bits per heavy atom. The minimum atomic E-state index is -0.393. The van der Waals surface area contributed by atoms with Gasteiger partial charge in [-0.25, -0.2) is 0 Å². The number of aldehydes is 1. The van der Waals surface area contributed by atoms with E-state index in [0.29, 0.717) is 12.3 Å². The fraction of sp³-hybridized carbons (Fsp3) is 0.417. The van der Waals surface area contributed by atoms with E-state index in [-0.39, 0.29) is 0 Å². The molecule has 2 heterocycles. The van der Waals surface area contributed by atoms with Gasteiger partial charge in [0.2, 0.25) is 0 Å². The van der Waals surface area contributed by atoms with Gasteiger partial charge in [0, 0.05) is 18.9 Å². The zero-order chi connectivity index (χ0) is 11.6. The van der Waals surface area contributed by atoms with E-state index in [1.54, 1.807) is 6.20 Å². The third-order valence-electron chi connectivity index (χ3n) is 3.19. The maximum Gasteiger partial charge on any atom is 0.166 e. The second-order valence-electron chi connectivity index (χ2n) is 4.13. The van der Waals surface area contributed by atoms with Gasteiger partial charge < -0.3 is 0 Å². The van der Waals surface area contributed by atoms with Crippen molar-refractivity contribution in [1.82, 2.24) is 9.88 Å². The standard InChI is InChI=1S/C12H15N3O/c1-15(2)12(5-7-14-11(12)9-16)10-4-3-6-13-8-10/h3-4,6,8-9H,5,7H2,1-2H3. The molecule has 0 aromatic carbocycles. The van der Waals surface area contributed by atoms with Crippen LogP contribution in [0.15, 0.2) is 29.5 Å². The molecule has 2 rings (SSSR count). The Hall–Kier alpha value is -1.55. The van der Waals surface area contributed by atoms with Crippen LogP contribution in [0.3, 0.4) is 0 Å². The van der Waals surface area contributed by atoms with E-state index in [2.05, 4.69) is 9.98 Å². The number of aliphatic imine (C=N–C) groups is 1. The largest absolute Gasteiger partial charge is 0.296 e. The van der Waals surface area contributed by atoms with Crippen LogP contribution in [0.2, 0.25) is 0 Å². The predicted octanol–water partition coefficient (Wildman–Crippen LogP) is 0.882. The molecule has 0 radical (unpaired) electrons. The highest BCUT2D eigenvalue weighted by atomic mass is 16.1. The zero-order valence-electron chi connectivity index (χ0n) is 9.55. The van der Waals surface area contributed by atoms with Crippen LogP contribution in [0, 0.1) is 0 Å². The summed E-state index contributed by atoms with van der Waals surface area (Å²) in [6.45, 7) is 0.696. The number of hydrogen-bond donors (Lipinski definition) is 0. The molecule has 4 nitrogen and oxygen atoms in total. The molecule has 1 unspecified atom stereocenters. The van der Waals surface area contributed by atoms with Crippen LogP contribution in [-0.2, 0) is 10.3 Å². The first-order valence-electron chi connectivity index (χ1n) is 5.30. The average Bonchev–Trinajstić information content (AvgIpc) is 2.74. The Balaban J connectivity index is 2.53. The summed E-state index contributed by atoms with van der Waals surface area (Å²) in [5.41, 5.74) is 1.24. The highest BCUT2D eigenvalue weighted by molar-refractivity contribution is 6.33. The fourth-order valence-electron chi connectivity index (χ4n) is 2.34. The molecule has 0 spiro atoms. The van der Waals surface area contributed by atoms with E-state index in [9.17, 15) is 4.79 Å². The minimum Gasteiger partial charge on any atom is -0.296 e. The van der Waals surface area contributed by atoms with Crippen molar-refractivity contribution in [3.05, 3.63) is 30.1 Å². The zero-order valence-corrected chi connectivity index (χ0v) is 9.55. The third-order valence-corrected chi connectivity index (χ3v) is 3.19. The molecule has 0 N–H and O–H groups in total. The number of pyridine rings is 1. The smallest absolute Gasteiger partial charge is 0.166 e.